The Hall–Kier alpha value is 0.690. The van der Waals surface area contributed by atoms with Crippen LogP contribution in [0, 0.1) is 0 Å². The minimum atomic E-state index is -0.112. The molecule has 0 radical (unpaired) electrons. The summed E-state index contributed by atoms with van der Waals surface area (Å²) in [6.07, 6.45) is 11.9. The molecule has 0 aliphatic rings. The number of rotatable bonds is 11. The van der Waals surface area contributed by atoms with Gasteiger partial charge in [-0.15, -0.1) is 0 Å². The van der Waals surface area contributed by atoms with Crippen LogP contribution in [0.25, 0.3) is 0 Å². The predicted molar refractivity (Wildman–Crippen MR) is 86.1 cm³/mol. The number of carbonyl (C=O) groups is 1. The molecule has 4 heteroatoms. The van der Waals surface area contributed by atoms with E-state index in [4.69, 9.17) is 4.74 Å². The molecule has 1 rings (SSSR count). The van der Waals surface area contributed by atoms with Gasteiger partial charge >= 0.3 is 65.1 Å². The first-order chi connectivity index (χ1) is 9.83. The van der Waals surface area contributed by atoms with Crippen molar-refractivity contribution in [2.45, 2.75) is 71.1 Å². The molecule has 1 aromatic rings. The molecule has 0 bridgehead atoms. The average Bonchev–Trinajstić information content (AvgIpc) is 2.46. The van der Waals surface area contributed by atoms with E-state index in [-0.39, 0.29) is 67.9 Å². The van der Waals surface area contributed by atoms with E-state index in [1.54, 1.807) is 0 Å². The van der Waals surface area contributed by atoms with Crippen molar-refractivity contribution in [2.24, 2.45) is 0 Å². The average molecular weight is 324 g/mol. The molecule has 1 aromatic carbocycles. The minimum absolute atomic E-state index is 0. The molecule has 0 unspecified atom stereocenters. The SMILES string of the molecule is CCCCCCCCCCCC(=O)Oc1ccccc1.[H-].[H-].[Na+].[Na+]. The maximum absolute atomic E-state index is 11.6. The molecule has 2 nitrogen and oxygen atoms in total. The van der Waals surface area contributed by atoms with E-state index >= 15 is 0 Å². The van der Waals surface area contributed by atoms with E-state index in [1.165, 1.54) is 44.9 Å². The van der Waals surface area contributed by atoms with Crippen LogP contribution in [0.15, 0.2) is 30.3 Å². The van der Waals surface area contributed by atoms with Crippen molar-refractivity contribution in [3.05, 3.63) is 30.3 Å². The van der Waals surface area contributed by atoms with Crippen LogP contribution >= 0.6 is 0 Å². The van der Waals surface area contributed by atoms with Crippen molar-refractivity contribution in [2.75, 3.05) is 0 Å². The first kappa shape index (κ1) is 24.9. The molecule has 0 saturated heterocycles. The Morgan fingerprint density at radius 3 is 1.91 bits per heavy atom. The molecular weight excluding hydrogens is 294 g/mol. The molecule has 0 spiro atoms. The zero-order valence-electron chi connectivity index (χ0n) is 16.8. The predicted octanol–water partition coefficient (Wildman–Crippen LogP) is -0.254. The molecule has 0 N–H and O–H groups in total. The van der Waals surface area contributed by atoms with Gasteiger partial charge in [-0.05, 0) is 18.6 Å². The van der Waals surface area contributed by atoms with Crippen molar-refractivity contribution in [1.82, 2.24) is 0 Å². The van der Waals surface area contributed by atoms with Crippen molar-refractivity contribution in [3.8, 4) is 5.75 Å². The van der Waals surface area contributed by atoms with Gasteiger partial charge in [-0.3, -0.25) is 4.79 Å². The summed E-state index contributed by atoms with van der Waals surface area (Å²) in [4.78, 5) is 11.6. The molecule has 22 heavy (non-hydrogen) atoms. The Bertz CT molecular complexity index is 365. The molecule has 0 aromatic heterocycles. The standard InChI is InChI=1S/C18H28O2.2Na.2H/c1-2-3-4-5-6-7-8-9-13-16-18(19)20-17-14-11-10-12-15-17;;;;/h10-12,14-15H,2-9,13,16H2,1H3;;;;/q;2*+1;2*-1. The molecule has 0 aliphatic carbocycles. The van der Waals surface area contributed by atoms with E-state index in [0.29, 0.717) is 12.2 Å². The van der Waals surface area contributed by atoms with Crippen molar-refractivity contribution < 1.29 is 71.5 Å². The summed E-state index contributed by atoms with van der Waals surface area (Å²) in [5.41, 5.74) is 0. The number of esters is 1. The number of ether oxygens (including phenoxy) is 1. The van der Waals surface area contributed by atoms with Crippen molar-refractivity contribution in [1.29, 1.82) is 0 Å². The van der Waals surface area contributed by atoms with Crippen LogP contribution in [0.4, 0.5) is 0 Å². The Balaban J connectivity index is -0.000000500. The molecule has 0 aliphatic heterocycles. The normalized spacial score (nSPS) is 9.50. The summed E-state index contributed by atoms with van der Waals surface area (Å²) in [7, 11) is 0. The molecule has 0 fully saturated rings. The summed E-state index contributed by atoms with van der Waals surface area (Å²) in [5.74, 6) is 0.535. The number of hydrogen-bond donors (Lipinski definition) is 0. The third-order valence-corrected chi connectivity index (χ3v) is 3.46. The third kappa shape index (κ3) is 14.3. The zero-order valence-corrected chi connectivity index (χ0v) is 18.8. The van der Waals surface area contributed by atoms with E-state index in [2.05, 4.69) is 6.92 Å². The number of hydrogen-bond acceptors (Lipinski definition) is 2. The van der Waals surface area contributed by atoms with E-state index < -0.39 is 0 Å². The van der Waals surface area contributed by atoms with Crippen LogP contribution in [0.2, 0.25) is 0 Å². The van der Waals surface area contributed by atoms with Gasteiger partial charge in [0, 0.05) is 6.42 Å². The Morgan fingerprint density at radius 1 is 0.864 bits per heavy atom. The monoisotopic (exact) mass is 324 g/mol. The fourth-order valence-corrected chi connectivity index (χ4v) is 2.25. The van der Waals surface area contributed by atoms with Gasteiger partial charge in [-0.1, -0.05) is 76.5 Å². The topological polar surface area (TPSA) is 26.3 Å². The van der Waals surface area contributed by atoms with E-state index in [0.717, 1.165) is 12.8 Å². The first-order valence-electron chi connectivity index (χ1n) is 8.08. The van der Waals surface area contributed by atoms with Crippen LogP contribution in [-0.2, 0) is 4.79 Å². The van der Waals surface area contributed by atoms with Crippen LogP contribution in [0.1, 0.15) is 74.0 Å². The quantitative estimate of drug-likeness (QED) is 0.243. The second-order valence-corrected chi connectivity index (χ2v) is 5.37. The fourth-order valence-electron chi connectivity index (χ4n) is 2.25. The first-order valence-corrected chi connectivity index (χ1v) is 8.08. The fraction of sp³-hybridized carbons (Fsp3) is 0.611. The summed E-state index contributed by atoms with van der Waals surface area (Å²) in [6.45, 7) is 2.24. The van der Waals surface area contributed by atoms with Crippen LogP contribution in [0.5, 0.6) is 5.75 Å². The molecule has 116 valence electrons. The Kier molecular flexibility index (Phi) is 20.4. The molecule has 0 heterocycles. The second kappa shape index (κ2) is 18.0. The van der Waals surface area contributed by atoms with E-state index in [1.807, 2.05) is 30.3 Å². The third-order valence-electron chi connectivity index (χ3n) is 3.46. The zero-order chi connectivity index (χ0) is 14.5. The Labute approximate surface area is 183 Å². The number of benzene rings is 1. The Morgan fingerprint density at radius 2 is 1.36 bits per heavy atom. The van der Waals surface area contributed by atoms with Crippen molar-refractivity contribution >= 4 is 5.97 Å². The van der Waals surface area contributed by atoms with Crippen molar-refractivity contribution in [3.63, 3.8) is 0 Å². The van der Waals surface area contributed by atoms with Gasteiger partial charge in [0.15, 0.2) is 0 Å². The maximum atomic E-state index is 11.6. The van der Waals surface area contributed by atoms with Gasteiger partial charge in [0.25, 0.3) is 0 Å². The van der Waals surface area contributed by atoms with Gasteiger partial charge in [0.1, 0.15) is 5.75 Å². The summed E-state index contributed by atoms with van der Waals surface area (Å²) in [5, 5.41) is 0. The largest absolute Gasteiger partial charge is 1.00 e. The summed E-state index contributed by atoms with van der Waals surface area (Å²) in [6, 6.07) is 9.29. The van der Waals surface area contributed by atoms with E-state index in [9.17, 15) is 4.79 Å². The van der Waals surface area contributed by atoms with Crippen LogP contribution in [0.3, 0.4) is 0 Å². The molecule has 0 atom stereocenters. The molecular formula is C18H30Na2O2. The summed E-state index contributed by atoms with van der Waals surface area (Å²) < 4.78 is 5.25. The van der Waals surface area contributed by atoms with Gasteiger partial charge in [-0.2, -0.15) is 0 Å². The van der Waals surface area contributed by atoms with Gasteiger partial charge in [0.2, 0.25) is 0 Å². The van der Waals surface area contributed by atoms with Crippen LogP contribution in [-0.4, -0.2) is 5.97 Å². The van der Waals surface area contributed by atoms with Crippen LogP contribution < -0.4 is 63.9 Å². The number of para-hydroxylation sites is 1. The minimum Gasteiger partial charge on any atom is -1.00 e. The number of unbranched alkanes of at least 4 members (excludes halogenated alkanes) is 8. The maximum Gasteiger partial charge on any atom is 1.00 e. The second-order valence-electron chi connectivity index (χ2n) is 5.37. The van der Waals surface area contributed by atoms with Gasteiger partial charge in [0.05, 0.1) is 0 Å². The molecule has 0 saturated carbocycles. The molecule has 0 amide bonds. The smallest absolute Gasteiger partial charge is 1.00 e. The van der Waals surface area contributed by atoms with Gasteiger partial charge < -0.3 is 7.59 Å². The number of carbonyl (C=O) groups excluding carboxylic acids is 1. The summed E-state index contributed by atoms with van der Waals surface area (Å²) >= 11 is 0. The van der Waals surface area contributed by atoms with Gasteiger partial charge in [-0.25, -0.2) is 0 Å².